The van der Waals surface area contributed by atoms with Gasteiger partial charge in [0.2, 0.25) is 5.91 Å². The van der Waals surface area contributed by atoms with Crippen LogP contribution in [0.3, 0.4) is 0 Å². The van der Waals surface area contributed by atoms with Crippen LogP contribution in [0.1, 0.15) is 23.9 Å². The third-order valence-electron chi connectivity index (χ3n) is 5.88. The number of hydrogen-bond acceptors (Lipinski definition) is 6. The third kappa shape index (κ3) is 4.72. The van der Waals surface area contributed by atoms with Gasteiger partial charge in [0.15, 0.2) is 28.6 Å². The highest BCUT2D eigenvalue weighted by Crippen LogP contribution is 2.36. The average Bonchev–Trinajstić information content (AvgIpc) is 3.30. The molecule has 0 saturated heterocycles. The Morgan fingerprint density at radius 1 is 1.12 bits per heavy atom. The summed E-state index contributed by atoms with van der Waals surface area (Å²) in [7, 11) is 0. The second-order valence-electron chi connectivity index (χ2n) is 8.08. The van der Waals surface area contributed by atoms with E-state index in [1.165, 1.54) is 22.9 Å². The van der Waals surface area contributed by atoms with E-state index in [2.05, 4.69) is 35.0 Å². The van der Waals surface area contributed by atoms with Crippen molar-refractivity contribution in [1.29, 1.82) is 0 Å². The quantitative estimate of drug-likeness (QED) is 0.374. The Bertz CT molecular complexity index is 1210. The molecule has 2 aliphatic rings. The summed E-state index contributed by atoms with van der Waals surface area (Å²) in [6, 6.07) is 17.9. The minimum absolute atomic E-state index is 0.0919. The number of amides is 1. The highest BCUT2D eigenvalue weighted by Gasteiger charge is 2.28. The molecule has 8 heteroatoms. The van der Waals surface area contributed by atoms with E-state index in [1.807, 2.05) is 51.9 Å². The maximum Gasteiger partial charge on any atom is 0.233 e. The summed E-state index contributed by atoms with van der Waals surface area (Å²) in [6.45, 7) is 6.07. The van der Waals surface area contributed by atoms with Crippen LogP contribution in [0, 0.1) is 0 Å². The smallest absolute Gasteiger partial charge is 0.233 e. The zero-order chi connectivity index (χ0) is 23.3. The SMILES string of the molecule is C=CCn1c(SCC(=O)N2CC=C(c3ccccc3)CC2)nnc1[C@H]1COc2ccccc2O1. The Morgan fingerprint density at radius 3 is 2.68 bits per heavy atom. The highest BCUT2D eigenvalue weighted by atomic mass is 32.2. The lowest BCUT2D eigenvalue weighted by molar-refractivity contribution is -0.127. The first-order valence-electron chi connectivity index (χ1n) is 11.3. The van der Waals surface area contributed by atoms with Crippen LogP contribution in [0.15, 0.2) is 78.5 Å². The number of nitrogens with zero attached hydrogens (tertiary/aromatic N) is 4. The van der Waals surface area contributed by atoms with Crippen molar-refractivity contribution in [2.45, 2.75) is 24.2 Å². The number of ether oxygens (including phenoxy) is 2. The Kier molecular flexibility index (Phi) is 6.67. The van der Waals surface area contributed by atoms with Gasteiger partial charge in [0.25, 0.3) is 0 Å². The predicted molar refractivity (Wildman–Crippen MR) is 132 cm³/mol. The van der Waals surface area contributed by atoms with Gasteiger partial charge in [0.1, 0.15) is 6.61 Å². The molecule has 0 fully saturated rings. The zero-order valence-corrected chi connectivity index (χ0v) is 19.6. The van der Waals surface area contributed by atoms with Crippen LogP contribution in [0.25, 0.3) is 5.57 Å². The molecule has 2 aliphatic heterocycles. The van der Waals surface area contributed by atoms with Crippen LogP contribution in [-0.4, -0.2) is 51.0 Å². The monoisotopic (exact) mass is 474 g/mol. The molecule has 0 saturated carbocycles. The normalized spacial score (nSPS) is 17.2. The van der Waals surface area contributed by atoms with E-state index < -0.39 is 0 Å². The summed E-state index contributed by atoms with van der Waals surface area (Å²) in [4.78, 5) is 14.8. The van der Waals surface area contributed by atoms with Gasteiger partial charge in [-0.05, 0) is 29.7 Å². The van der Waals surface area contributed by atoms with Crippen molar-refractivity contribution in [3.8, 4) is 11.5 Å². The Morgan fingerprint density at radius 2 is 1.91 bits per heavy atom. The molecule has 0 aliphatic carbocycles. The number of hydrogen-bond donors (Lipinski definition) is 0. The molecule has 0 unspecified atom stereocenters. The van der Waals surface area contributed by atoms with Crippen molar-refractivity contribution in [1.82, 2.24) is 19.7 Å². The van der Waals surface area contributed by atoms with E-state index in [-0.39, 0.29) is 12.0 Å². The van der Waals surface area contributed by atoms with Crippen molar-refractivity contribution in [3.63, 3.8) is 0 Å². The van der Waals surface area contributed by atoms with Gasteiger partial charge < -0.3 is 14.4 Å². The summed E-state index contributed by atoms with van der Waals surface area (Å²) < 4.78 is 13.9. The predicted octanol–water partition coefficient (Wildman–Crippen LogP) is 4.38. The molecule has 0 spiro atoms. The fourth-order valence-corrected chi connectivity index (χ4v) is 4.98. The van der Waals surface area contributed by atoms with Gasteiger partial charge in [0, 0.05) is 19.6 Å². The number of thioether (sulfide) groups is 1. The average molecular weight is 475 g/mol. The number of aromatic nitrogens is 3. The molecule has 0 bridgehead atoms. The van der Waals surface area contributed by atoms with E-state index in [4.69, 9.17) is 9.47 Å². The molecule has 3 heterocycles. The number of fused-ring (bicyclic) bond motifs is 1. The maximum atomic E-state index is 12.9. The van der Waals surface area contributed by atoms with Gasteiger partial charge in [-0.15, -0.1) is 16.8 Å². The van der Waals surface area contributed by atoms with Crippen LogP contribution < -0.4 is 9.47 Å². The second kappa shape index (κ2) is 10.2. The number of carbonyl (C=O) groups is 1. The van der Waals surface area contributed by atoms with Crippen LogP contribution in [0.4, 0.5) is 0 Å². The van der Waals surface area contributed by atoms with Crippen LogP contribution in [-0.2, 0) is 11.3 Å². The number of allylic oxidation sites excluding steroid dienone is 1. The molecule has 1 amide bonds. The van der Waals surface area contributed by atoms with E-state index >= 15 is 0 Å². The highest BCUT2D eigenvalue weighted by molar-refractivity contribution is 7.99. The molecular formula is C26H26N4O3S. The first-order chi connectivity index (χ1) is 16.7. The molecule has 1 atom stereocenters. The third-order valence-corrected chi connectivity index (χ3v) is 6.84. The summed E-state index contributed by atoms with van der Waals surface area (Å²) in [5, 5.41) is 9.38. The topological polar surface area (TPSA) is 69.5 Å². The molecule has 0 N–H and O–H groups in total. The van der Waals surface area contributed by atoms with Crippen molar-refractivity contribution in [2.24, 2.45) is 0 Å². The summed E-state index contributed by atoms with van der Waals surface area (Å²) in [6.07, 6.45) is 4.42. The fraction of sp³-hybridized carbons (Fsp3) is 0.269. The van der Waals surface area contributed by atoms with Gasteiger partial charge in [0.05, 0.1) is 5.75 Å². The first kappa shape index (κ1) is 22.3. The van der Waals surface area contributed by atoms with Gasteiger partial charge in [-0.2, -0.15) is 0 Å². The van der Waals surface area contributed by atoms with Crippen molar-refractivity contribution < 1.29 is 14.3 Å². The first-order valence-corrected chi connectivity index (χ1v) is 12.3. The molecule has 3 aromatic rings. The van der Waals surface area contributed by atoms with Crippen molar-refractivity contribution >= 4 is 23.2 Å². The molecule has 34 heavy (non-hydrogen) atoms. The standard InChI is InChI=1S/C26H26N4O3S/c1-2-14-30-25(23-17-32-21-10-6-7-11-22(21)33-23)27-28-26(30)34-18-24(31)29-15-12-20(13-16-29)19-8-4-3-5-9-19/h2-12,23H,1,13-18H2/t23-/m1/s1. The molecule has 0 radical (unpaired) electrons. The molecule has 7 nitrogen and oxygen atoms in total. The Hall–Kier alpha value is -3.52. The fourth-order valence-electron chi connectivity index (χ4n) is 4.12. The molecule has 174 valence electrons. The lowest BCUT2D eigenvalue weighted by atomic mass is 10.00. The minimum atomic E-state index is -0.379. The summed E-state index contributed by atoms with van der Waals surface area (Å²) in [5.74, 6) is 2.46. The molecule has 5 rings (SSSR count). The van der Waals surface area contributed by atoms with Crippen molar-refractivity contribution in [2.75, 3.05) is 25.4 Å². The van der Waals surface area contributed by atoms with Gasteiger partial charge in [-0.25, -0.2) is 0 Å². The summed E-state index contributed by atoms with van der Waals surface area (Å²) >= 11 is 1.39. The second-order valence-corrected chi connectivity index (χ2v) is 9.02. The van der Waals surface area contributed by atoms with E-state index in [1.54, 1.807) is 6.08 Å². The van der Waals surface area contributed by atoms with Crippen LogP contribution in [0.2, 0.25) is 0 Å². The number of carbonyl (C=O) groups excluding carboxylic acids is 1. The number of benzene rings is 2. The van der Waals surface area contributed by atoms with E-state index in [0.717, 1.165) is 18.7 Å². The minimum Gasteiger partial charge on any atom is -0.485 e. The Labute approximate surface area is 203 Å². The maximum absolute atomic E-state index is 12.9. The molecule has 2 aromatic carbocycles. The van der Waals surface area contributed by atoms with E-state index in [9.17, 15) is 4.79 Å². The lowest BCUT2D eigenvalue weighted by Crippen LogP contribution is -2.35. The van der Waals surface area contributed by atoms with E-state index in [0.29, 0.717) is 42.2 Å². The molecular weight excluding hydrogens is 448 g/mol. The van der Waals surface area contributed by atoms with Crippen molar-refractivity contribution in [3.05, 3.63) is 84.7 Å². The lowest BCUT2D eigenvalue weighted by Gasteiger charge is -2.27. The Balaban J connectivity index is 1.23. The summed E-state index contributed by atoms with van der Waals surface area (Å²) in [5.41, 5.74) is 2.52. The van der Waals surface area contributed by atoms with Gasteiger partial charge >= 0.3 is 0 Å². The molecule has 1 aromatic heterocycles. The van der Waals surface area contributed by atoms with Gasteiger partial charge in [-0.1, -0.05) is 66.4 Å². The number of para-hydroxylation sites is 2. The van der Waals surface area contributed by atoms with Crippen LogP contribution >= 0.6 is 11.8 Å². The van der Waals surface area contributed by atoms with Gasteiger partial charge in [-0.3, -0.25) is 9.36 Å². The van der Waals surface area contributed by atoms with Crippen LogP contribution in [0.5, 0.6) is 11.5 Å². The number of rotatable bonds is 7. The largest absolute Gasteiger partial charge is 0.485 e. The zero-order valence-electron chi connectivity index (χ0n) is 18.8.